The molecule has 0 radical (unpaired) electrons. The molecule has 5 nitrogen and oxygen atoms in total. The van der Waals surface area contributed by atoms with Crippen LogP contribution in [0.3, 0.4) is 0 Å². The van der Waals surface area contributed by atoms with Gasteiger partial charge in [0.15, 0.2) is 4.90 Å². The predicted octanol–water partition coefficient (Wildman–Crippen LogP) is 4.55. The average Bonchev–Trinajstić information content (AvgIpc) is 2.53. The third-order valence-electron chi connectivity index (χ3n) is 3.08. The zero-order chi connectivity index (χ0) is 17.7. The Morgan fingerprint density at radius 1 is 1.21 bits per heavy atom. The zero-order valence-electron chi connectivity index (χ0n) is 13.6. The Kier molecular flexibility index (Phi) is 6.42. The summed E-state index contributed by atoms with van der Waals surface area (Å²) in [5, 5.41) is 11.3. The number of rotatable bonds is 6. The van der Waals surface area contributed by atoms with Crippen LogP contribution in [-0.4, -0.2) is 20.9 Å². The van der Waals surface area contributed by atoms with E-state index in [1.54, 1.807) is 30.0 Å². The van der Waals surface area contributed by atoms with Crippen LogP contribution in [0.1, 0.15) is 25.0 Å². The fraction of sp³-hybridized carbons (Fsp3) is 0.235. The van der Waals surface area contributed by atoms with Gasteiger partial charge in [0.1, 0.15) is 11.4 Å². The maximum absolute atomic E-state index is 12.3. The molecule has 0 fully saturated rings. The van der Waals surface area contributed by atoms with Gasteiger partial charge >= 0.3 is 0 Å². The quantitative estimate of drug-likeness (QED) is 0.248. The Labute approximate surface area is 148 Å². The smallest absolute Gasteiger partial charge is 0.270 e. The molecule has 0 saturated carbocycles. The number of nitrogens with zero attached hydrogens (tertiary/aromatic N) is 2. The minimum absolute atomic E-state index is 0.00863. The van der Waals surface area contributed by atoms with Crippen molar-refractivity contribution < 1.29 is 9.48 Å². The lowest BCUT2D eigenvalue weighted by atomic mass is 10.2. The van der Waals surface area contributed by atoms with E-state index >= 15 is 0 Å². The van der Waals surface area contributed by atoms with E-state index in [0.717, 1.165) is 10.5 Å². The monoisotopic (exact) mass is 362 g/mol. The number of thioether (sulfide) groups is 1. The summed E-state index contributed by atoms with van der Waals surface area (Å²) in [4.78, 5) is 12.0. The second kappa shape index (κ2) is 8.32. The van der Waals surface area contributed by atoms with Crippen LogP contribution in [0.2, 0.25) is 0 Å². The minimum atomic E-state index is -1.54. The first-order chi connectivity index (χ1) is 11.4. The second-order valence-electron chi connectivity index (χ2n) is 5.44. The van der Waals surface area contributed by atoms with E-state index < -0.39 is 16.3 Å². The van der Waals surface area contributed by atoms with Crippen molar-refractivity contribution in [3.63, 3.8) is 0 Å². The third-order valence-corrected chi connectivity index (χ3v) is 5.15. The molecule has 1 atom stereocenters. The lowest BCUT2D eigenvalue weighted by Gasteiger charge is -2.08. The number of aryl methyl sites for hydroxylation is 1. The molecule has 0 amide bonds. The van der Waals surface area contributed by atoms with Crippen molar-refractivity contribution >= 4 is 35.0 Å². The highest BCUT2D eigenvalue weighted by Gasteiger charge is 2.13. The molecular weight excluding hydrogens is 344 g/mol. The van der Waals surface area contributed by atoms with Crippen molar-refractivity contribution in [2.75, 3.05) is 0 Å². The van der Waals surface area contributed by atoms with Gasteiger partial charge in [0.2, 0.25) is 0 Å². The number of hydrogen-bond donors (Lipinski definition) is 0. The first kappa shape index (κ1) is 18.5. The molecular formula is C17H18N2O3S2. The van der Waals surface area contributed by atoms with Gasteiger partial charge in [-0.05, 0) is 25.1 Å². The van der Waals surface area contributed by atoms with Crippen molar-refractivity contribution in [1.29, 1.82) is 0 Å². The highest BCUT2D eigenvalue weighted by atomic mass is 32.2. The number of hydrogen-bond acceptors (Lipinski definition) is 5. The van der Waals surface area contributed by atoms with E-state index in [-0.39, 0.29) is 5.69 Å². The molecule has 0 aliphatic rings. The fourth-order valence-electron chi connectivity index (χ4n) is 1.93. The molecule has 126 valence electrons. The zero-order valence-corrected chi connectivity index (χ0v) is 15.3. The average molecular weight is 362 g/mol. The second-order valence-corrected chi connectivity index (χ2v) is 8.24. The van der Waals surface area contributed by atoms with E-state index in [4.69, 9.17) is 0 Å². The molecule has 0 aromatic heterocycles. The maximum Gasteiger partial charge on any atom is 0.270 e. The third kappa shape index (κ3) is 5.09. The Morgan fingerprint density at radius 3 is 2.46 bits per heavy atom. The van der Waals surface area contributed by atoms with Gasteiger partial charge in [-0.15, -0.1) is 11.8 Å². The number of nitro groups is 1. The SMILES string of the molecule is Cc1ccc([S+]([O-])/N=C/c2cc([N+](=O)[O-])ccc2SC(C)C)cc1. The van der Waals surface area contributed by atoms with Gasteiger partial charge in [-0.25, -0.2) is 0 Å². The molecule has 7 heteroatoms. The molecule has 2 rings (SSSR count). The molecule has 24 heavy (non-hydrogen) atoms. The van der Waals surface area contributed by atoms with Crippen LogP contribution in [0.4, 0.5) is 5.69 Å². The molecule has 2 aromatic rings. The summed E-state index contributed by atoms with van der Waals surface area (Å²) in [7, 11) is 0. The van der Waals surface area contributed by atoms with Gasteiger partial charge in [0, 0.05) is 27.8 Å². The van der Waals surface area contributed by atoms with E-state index in [2.05, 4.69) is 4.40 Å². The summed E-state index contributed by atoms with van der Waals surface area (Å²) in [6.45, 7) is 6.03. The van der Waals surface area contributed by atoms with Crippen LogP contribution in [0.15, 0.2) is 56.7 Å². The molecule has 0 spiro atoms. The van der Waals surface area contributed by atoms with Gasteiger partial charge in [0.05, 0.1) is 11.1 Å². The van der Waals surface area contributed by atoms with Crippen LogP contribution < -0.4 is 0 Å². The van der Waals surface area contributed by atoms with E-state index in [1.807, 2.05) is 32.9 Å². The van der Waals surface area contributed by atoms with Crippen LogP contribution in [0.25, 0.3) is 0 Å². The Hall–Kier alpha value is -1.83. The normalized spacial score (nSPS) is 12.7. The van der Waals surface area contributed by atoms with Crippen LogP contribution in [0, 0.1) is 17.0 Å². The van der Waals surface area contributed by atoms with Crippen LogP contribution in [0.5, 0.6) is 0 Å². The van der Waals surface area contributed by atoms with E-state index in [0.29, 0.717) is 15.7 Å². The van der Waals surface area contributed by atoms with Gasteiger partial charge in [-0.3, -0.25) is 10.1 Å². The van der Waals surface area contributed by atoms with Crippen molar-refractivity contribution in [2.24, 2.45) is 4.40 Å². The van der Waals surface area contributed by atoms with Crippen molar-refractivity contribution in [1.82, 2.24) is 0 Å². The van der Waals surface area contributed by atoms with Gasteiger partial charge in [-0.1, -0.05) is 35.9 Å². The molecule has 1 unspecified atom stereocenters. The van der Waals surface area contributed by atoms with Crippen molar-refractivity contribution in [2.45, 2.75) is 35.8 Å². The summed E-state index contributed by atoms with van der Waals surface area (Å²) in [5.41, 5.74) is 1.67. The van der Waals surface area contributed by atoms with Crippen LogP contribution in [-0.2, 0) is 11.4 Å². The summed E-state index contributed by atoms with van der Waals surface area (Å²) < 4.78 is 16.3. The van der Waals surface area contributed by atoms with E-state index in [1.165, 1.54) is 18.3 Å². The summed E-state index contributed by atoms with van der Waals surface area (Å²) in [6.07, 6.45) is 1.45. The number of non-ortho nitro benzene ring substituents is 1. The summed E-state index contributed by atoms with van der Waals surface area (Å²) in [6, 6.07) is 11.9. The first-order valence-corrected chi connectivity index (χ1v) is 9.33. The number of nitro benzene ring substituents is 1. The molecule has 0 N–H and O–H groups in total. The van der Waals surface area contributed by atoms with Gasteiger partial charge in [-0.2, -0.15) is 0 Å². The maximum atomic E-state index is 12.3. The standard InChI is InChI=1S/C17H18N2O3S2/c1-12(2)23-17-9-6-15(19(20)21)10-14(17)11-18-24(22)16-7-4-13(3)5-8-16/h4-12H,1-3H3/b18-11+. The highest BCUT2D eigenvalue weighted by Crippen LogP contribution is 2.29. The minimum Gasteiger partial charge on any atom is -0.586 e. The topological polar surface area (TPSA) is 78.6 Å². The molecule has 0 bridgehead atoms. The van der Waals surface area contributed by atoms with Crippen LogP contribution >= 0.6 is 11.8 Å². The van der Waals surface area contributed by atoms with Gasteiger partial charge < -0.3 is 4.55 Å². The largest absolute Gasteiger partial charge is 0.586 e. The lowest BCUT2D eigenvalue weighted by molar-refractivity contribution is -0.384. The fourth-order valence-corrected chi connectivity index (χ4v) is 3.53. The Bertz CT molecular complexity index is 746. The summed E-state index contributed by atoms with van der Waals surface area (Å²) in [5.74, 6) is 0. The lowest BCUT2D eigenvalue weighted by Crippen LogP contribution is -2.00. The Balaban J connectivity index is 2.29. The van der Waals surface area contributed by atoms with Gasteiger partial charge in [0.25, 0.3) is 5.69 Å². The molecule has 2 aromatic carbocycles. The Morgan fingerprint density at radius 2 is 1.88 bits per heavy atom. The first-order valence-electron chi connectivity index (χ1n) is 7.34. The van der Waals surface area contributed by atoms with Crippen molar-refractivity contribution in [3.05, 3.63) is 63.7 Å². The highest BCUT2D eigenvalue weighted by molar-refractivity contribution is 8.00. The molecule has 0 saturated heterocycles. The molecule has 0 aliphatic heterocycles. The predicted molar refractivity (Wildman–Crippen MR) is 99.3 cm³/mol. The molecule has 0 heterocycles. The number of benzene rings is 2. The molecule has 0 aliphatic carbocycles. The summed E-state index contributed by atoms with van der Waals surface area (Å²) >= 11 is 0.0420. The van der Waals surface area contributed by atoms with Crippen molar-refractivity contribution in [3.8, 4) is 0 Å². The van der Waals surface area contributed by atoms with E-state index in [9.17, 15) is 14.7 Å².